The Kier molecular flexibility index (Phi) is 17.3. The predicted molar refractivity (Wildman–Crippen MR) is 198 cm³/mol. The number of fused-ring (bicyclic) bond motifs is 2. The molecule has 4 heterocycles. The van der Waals surface area contributed by atoms with Gasteiger partial charge in [0, 0.05) is 60.8 Å². The molecule has 1 atom stereocenters. The van der Waals surface area contributed by atoms with Gasteiger partial charge in [0.25, 0.3) is 0 Å². The molecule has 11 nitrogen and oxygen atoms in total. The summed E-state index contributed by atoms with van der Waals surface area (Å²) in [5.74, 6) is 0.835. The fourth-order valence-corrected chi connectivity index (χ4v) is 5.10. The number of nitrogens with two attached hydrogens (primary N) is 1. The van der Waals surface area contributed by atoms with Gasteiger partial charge in [0.15, 0.2) is 0 Å². The highest BCUT2D eigenvalue weighted by atomic mass is 16.3. The zero-order valence-corrected chi connectivity index (χ0v) is 28.1. The van der Waals surface area contributed by atoms with Crippen LogP contribution in [-0.2, 0) is 14.4 Å². The number of aromatic hydroxyl groups is 2. The van der Waals surface area contributed by atoms with Gasteiger partial charge in [0.1, 0.15) is 28.8 Å². The topological polar surface area (TPSA) is 162 Å². The number of carbonyl (C=O) groups is 3. The summed E-state index contributed by atoms with van der Waals surface area (Å²) in [4.78, 5) is 44.7. The molecule has 6 rings (SSSR count). The molecule has 2 saturated heterocycles. The molecular weight excluding hydrogens is 620 g/mol. The van der Waals surface area contributed by atoms with Crippen LogP contribution in [0.25, 0.3) is 21.8 Å². The first-order valence-corrected chi connectivity index (χ1v) is 15.8. The number of phenolic OH excluding ortho intramolecular Hbond substituents is 2. The molecule has 0 saturated carbocycles. The SMILES string of the molecule is C.C.CC(C)C(NC(=O)C1CN(C)C1)c1ccc2cccnc2c1O.CC(C)C=O.CN1CC(C(N)=O)C1.Oc1cccc2cccnc12. The van der Waals surface area contributed by atoms with E-state index in [-0.39, 0.29) is 67.9 Å². The van der Waals surface area contributed by atoms with Crippen molar-refractivity contribution >= 4 is 39.9 Å². The van der Waals surface area contributed by atoms with Crippen LogP contribution >= 0.6 is 0 Å². The van der Waals surface area contributed by atoms with E-state index >= 15 is 0 Å². The zero-order chi connectivity index (χ0) is 34.7. The fraction of sp³-hybridized carbons (Fsp3) is 0.447. The van der Waals surface area contributed by atoms with Gasteiger partial charge in [0.2, 0.25) is 11.8 Å². The Morgan fingerprint density at radius 3 is 1.76 bits per heavy atom. The van der Waals surface area contributed by atoms with E-state index in [2.05, 4.69) is 25.1 Å². The van der Waals surface area contributed by atoms with E-state index in [0.717, 1.165) is 48.8 Å². The van der Waals surface area contributed by atoms with Crippen LogP contribution in [0, 0.1) is 23.7 Å². The van der Waals surface area contributed by atoms with Gasteiger partial charge in [-0.2, -0.15) is 0 Å². The Morgan fingerprint density at radius 2 is 1.31 bits per heavy atom. The summed E-state index contributed by atoms with van der Waals surface area (Å²) in [6.45, 7) is 11.1. The molecule has 268 valence electrons. The molecular formula is C38H56N6O5. The van der Waals surface area contributed by atoms with E-state index in [4.69, 9.17) is 5.73 Å². The van der Waals surface area contributed by atoms with Crippen molar-refractivity contribution in [2.45, 2.75) is 48.6 Å². The number of hydrogen-bond donors (Lipinski definition) is 4. The van der Waals surface area contributed by atoms with E-state index in [0.29, 0.717) is 11.0 Å². The smallest absolute Gasteiger partial charge is 0.226 e. The molecule has 4 aromatic rings. The monoisotopic (exact) mass is 676 g/mol. The minimum atomic E-state index is -0.222. The third-order valence-electron chi connectivity index (χ3n) is 7.86. The van der Waals surface area contributed by atoms with Crippen molar-refractivity contribution in [1.29, 1.82) is 0 Å². The van der Waals surface area contributed by atoms with Crippen molar-refractivity contribution < 1.29 is 24.6 Å². The maximum atomic E-state index is 12.4. The Labute approximate surface area is 291 Å². The van der Waals surface area contributed by atoms with Gasteiger partial charge >= 0.3 is 0 Å². The van der Waals surface area contributed by atoms with Crippen molar-refractivity contribution in [2.24, 2.45) is 29.4 Å². The number of primary amides is 1. The number of nitrogens with zero attached hydrogens (tertiary/aromatic N) is 4. The van der Waals surface area contributed by atoms with Gasteiger partial charge in [-0.05, 0) is 38.2 Å². The van der Waals surface area contributed by atoms with Crippen molar-refractivity contribution in [1.82, 2.24) is 25.1 Å². The molecule has 0 spiro atoms. The number of amides is 2. The van der Waals surface area contributed by atoms with Crippen molar-refractivity contribution in [2.75, 3.05) is 40.3 Å². The number of likely N-dealkylation sites (tertiary alicyclic amines) is 2. The third-order valence-corrected chi connectivity index (χ3v) is 7.86. The lowest BCUT2D eigenvalue weighted by Gasteiger charge is -2.36. The number of aldehydes is 1. The summed E-state index contributed by atoms with van der Waals surface area (Å²) in [5.41, 5.74) is 6.96. The first-order valence-electron chi connectivity index (χ1n) is 15.8. The summed E-state index contributed by atoms with van der Waals surface area (Å²) >= 11 is 0. The van der Waals surface area contributed by atoms with Crippen molar-refractivity contribution in [3.63, 3.8) is 0 Å². The molecule has 2 aliphatic heterocycles. The first-order chi connectivity index (χ1) is 22.3. The average Bonchev–Trinajstić information content (AvgIpc) is 3.02. The molecule has 0 radical (unpaired) electrons. The van der Waals surface area contributed by atoms with Crippen LogP contribution in [0.1, 0.15) is 54.2 Å². The van der Waals surface area contributed by atoms with Crippen LogP contribution in [-0.4, -0.2) is 88.4 Å². The zero-order valence-electron chi connectivity index (χ0n) is 28.1. The minimum absolute atomic E-state index is 0. The average molecular weight is 677 g/mol. The predicted octanol–water partition coefficient (Wildman–Crippen LogP) is 5.40. The number of hydrogen-bond acceptors (Lipinski definition) is 9. The lowest BCUT2D eigenvalue weighted by atomic mass is 9.92. The molecule has 2 fully saturated rings. The molecule has 49 heavy (non-hydrogen) atoms. The second kappa shape index (κ2) is 20.0. The van der Waals surface area contributed by atoms with E-state index in [1.807, 2.05) is 84.3 Å². The number of nitrogens with one attached hydrogen (secondary N) is 1. The molecule has 0 bridgehead atoms. The van der Waals surface area contributed by atoms with Gasteiger partial charge in [-0.15, -0.1) is 0 Å². The Bertz CT molecular complexity index is 1630. The molecule has 2 aromatic heterocycles. The van der Waals surface area contributed by atoms with E-state index < -0.39 is 0 Å². The highest BCUT2D eigenvalue weighted by Gasteiger charge is 2.32. The van der Waals surface area contributed by atoms with Gasteiger partial charge in [-0.1, -0.05) is 78.9 Å². The fourth-order valence-electron chi connectivity index (χ4n) is 5.10. The second-order valence-corrected chi connectivity index (χ2v) is 12.8. The normalized spacial score (nSPS) is 14.9. The Morgan fingerprint density at radius 1 is 0.816 bits per heavy atom. The van der Waals surface area contributed by atoms with E-state index in [9.17, 15) is 24.6 Å². The summed E-state index contributed by atoms with van der Waals surface area (Å²) in [6, 6.07) is 16.5. The Hall–Kier alpha value is -4.61. The highest BCUT2D eigenvalue weighted by Crippen LogP contribution is 2.34. The van der Waals surface area contributed by atoms with Crippen LogP contribution in [0.15, 0.2) is 67.0 Å². The number of carbonyl (C=O) groups excluding carboxylic acids is 3. The lowest BCUT2D eigenvalue weighted by molar-refractivity contribution is -0.130. The highest BCUT2D eigenvalue weighted by molar-refractivity contribution is 5.86. The van der Waals surface area contributed by atoms with Gasteiger partial charge in [0.05, 0.1) is 17.9 Å². The van der Waals surface area contributed by atoms with E-state index in [1.54, 1.807) is 24.5 Å². The quantitative estimate of drug-likeness (QED) is 0.196. The number of para-hydroxylation sites is 1. The van der Waals surface area contributed by atoms with Crippen LogP contribution in [0.2, 0.25) is 0 Å². The van der Waals surface area contributed by atoms with E-state index in [1.165, 1.54) is 0 Å². The maximum Gasteiger partial charge on any atom is 0.226 e. The standard InChI is InChI=1S/C18H23N3O2.C9H7NO.C5H10N2O.C4H8O.2CH4/c1-11(2)15(20-18(23)13-9-21(3)10-13)14-7-6-12-5-4-8-19-16(12)17(14)22;11-8-5-1-3-7-4-2-6-10-9(7)8;1-7-2-4(3-7)5(6)8;1-4(2)3-5;;/h4-8,11,13,15,22H,9-10H2,1-3H3,(H,20,23);1-6,11H;4H,2-3H2,1H3,(H2,6,8);3-4H,1-2H3;2*1H4. The van der Waals surface area contributed by atoms with Crippen LogP contribution in [0.5, 0.6) is 11.5 Å². The summed E-state index contributed by atoms with van der Waals surface area (Å²) in [7, 11) is 3.98. The molecule has 1 unspecified atom stereocenters. The molecule has 5 N–H and O–H groups in total. The van der Waals surface area contributed by atoms with Crippen molar-refractivity contribution in [3.05, 3.63) is 72.6 Å². The number of benzene rings is 2. The van der Waals surface area contributed by atoms with Crippen molar-refractivity contribution in [3.8, 4) is 11.5 Å². The maximum absolute atomic E-state index is 12.4. The number of rotatable bonds is 6. The largest absolute Gasteiger partial charge is 0.506 e. The van der Waals surface area contributed by atoms with Gasteiger partial charge < -0.3 is 35.9 Å². The Balaban J connectivity index is 0.000000383. The first kappa shape index (κ1) is 42.4. The molecule has 2 amide bonds. The van der Waals surface area contributed by atoms with Gasteiger partial charge in [-0.3, -0.25) is 19.6 Å². The molecule has 11 heteroatoms. The molecule has 2 aliphatic rings. The van der Waals surface area contributed by atoms with Crippen LogP contribution in [0.3, 0.4) is 0 Å². The summed E-state index contributed by atoms with van der Waals surface area (Å²) in [6.07, 6.45) is 4.25. The number of aromatic nitrogens is 2. The van der Waals surface area contributed by atoms with Gasteiger partial charge in [-0.25, -0.2) is 0 Å². The molecule has 2 aromatic carbocycles. The second-order valence-electron chi connectivity index (χ2n) is 12.8. The minimum Gasteiger partial charge on any atom is -0.506 e. The number of phenols is 2. The number of pyridine rings is 2. The van der Waals surface area contributed by atoms with Crippen LogP contribution in [0.4, 0.5) is 0 Å². The van der Waals surface area contributed by atoms with Crippen LogP contribution < -0.4 is 11.1 Å². The molecule has 0 aliphatic carbocycles. The third kappa shape index (κ3) is 12.1. The summed E-state index contributed by atoms with van der Waals surface area (Å²) < 4.78 is 0. The summed E-state index contributed by atoms with van der Waals surface area (Å²) in [5, 5.41) is 24.9. The lowest BCUT2D eigenvalue weighted by Crippen LogP contribution is -2.52.